The molecule has 6 nitrogen and oxygen atoms in total. The van der Waals surface area contributed by atoms with Crippen molar-refractivity contribution in [1.29, 1.82) is 0 Å². The van der Waals surface area contributed by atoms with E-state index in [-0.39, 0.29) is 24.1 Å². The highest BCUT2D eigenvalue weighted by Crippen LogP contribution is 2.21. The van der Waals surface area contributed by atoms with Gasteiger partial charge in [-0.2, -0.15) is 0 Å². The number of thioether (sulfide) groups is 1. The monoisotopic (exact) mass is 346 g/mol. The van der Waals surface area contributed by atoms with Gasteiger partial charge in [-0.3, -0.25) is 14.2 Å². The van der Waals surface area contributed by atoms with Crippen LogP contribution in [0.1, 0.15) is 11.1 Å². The molecule has 7 heteroatoms. The van der Waals surface area contributed by atoms with Gasteiger partial charge >= 0.3 is 0 Å². The summed E-state index contributed by atoms with van der Waals surface area (Å²) in [6.45, 7) is 4.15. The molecule has 1 heterocycles. The van der Waals surface area contributed by atoms with Gasteiger partial charge in [-0.1, -0.05) is 17.8 Å². The number of nitrogens with one attached hydrogen (secondary N) is 1. The molecule has 0 saturated heterocycles. The van der Waals surface area contributed by atoms with Gasteiger partial charge in [-0.05, 0) is 37.1 Å². The van der Waals surface area contributed by atoms with E-state index in [1.165, 1.54) is 27.8 Å². The first-order valence-electron chi connectivity index (χ1n) is 7.59. The molecule has 0 fully saturated rings. The van der Waals surface area contributed by atoms with E-state index >= 15 is 0 Å². The van der Waals surface area contributed by atoms with Crippen LogP contribution in [0, 0.1) is 13.8 Å². The highest BCUT2D eigenvalue weighted by Gasteiger charge is 2.11. The SMILES string of the molecule is Cc1ccc(-n2ccnc2SCC(=O)NCC(=O)N(C)C)cc1C. The Morgan fingerprint density at radius 2 is 2.00 bits per heavy atom. The number of carbonyl (C=O) groups is 2. The fraction of sp³-hybridized carbons (Fsp3) is 0.353. The molecule has 128 valence electrons. The summed E-state index contributed by atoms with van der Waals surface area (Å²) in [7, 11) is 3.31. The summed E-state index contributed by atoms with van der Waals surface area (Å²) in [5, 5.41) is 3.36. The van der Waals surface area contributed by atoms with E-state index in [0.29, 0.717) is 0 Å². The molecule has 1 aromatic heterocycles. The van der Waals surface area contributed by atoms with Crippen molar-refractivity contribution in [2.75, 3.05) is 26.4 Å². The second kappa shape index (κ2) is 8.01. The minimum Gasteiger partial charge on any atom is -0.347 e. The third-order valence-electron chi connectivity index (χ3n) is 3.64. The van der Waals surface area contributed by atoms with Gasteiger partial charge < -0.3 is 10.2 Å². The maximum absolute atomic E-state index is 11.9. The summed E-state index contributed by atoms with van der Waals surface area (Å²) >= 11 is 1.34. The predicted octanol–water partition coefficient (Wildman–Crippen LogP) is 1.79. The molecule has 0 saturated carbocycles. The minimum absolute atomic E-state index is 0.0119. The third-order valence-corrected chi connectivity index (χ3v) is 4.61. The summed E-state index contributed by atoms with van der Waals surface area (Å²) in [6, 6.07) is 6.19. The molecule has 0 unspecified atom stereocenters. The molecular formula is C17H22N4O2S. The van der Waals surface area contributed by atoms with E-state index in [0.717, 1.165) is 10.8 Å². The molecule has 1 aromatic carbocycles. The van der Waals surface area contributed by atoms with Crippen molar-refractivity contribution in [3.05, 3.63) is 41.7 Å². The van der Waals surface area contributed by atoms with Gasteiger partial charge in [0.05, 0.1) is 12.3 Å². The van der Waals surface area contributed by atoms with Crippen molar-refractivity contribution in [3.63, 3.8) is 0 Å². The second-order valence-corrected chi connectivity index (χ2v) is 6.64. The van der Waals surface area contributed by atoms with Crippen LogP contribution < -0.4 is 5.32 Å². The first-order valence-corrected chi connectivity index (χ1v) is 8.57. The number of amides is 2. The van der Waals surface area contributed by atoms with Gasteiger partial charge in [0.15, 0.2) is 5.16 Å². The zero-order valence-electron chi connectivity index (χ0n) is 14.4. The number of benzene rings is 1. The van der Waals surface area contributed by atoms with Crippen molar-refractivity contribution in [1.82, 2.24) is 19.8 Å². The molecular weight excluding hydrogens is 324 g/mol. The normalized spacial score (nSPS) is 10.5. The topological polar surface area (TPSA) is 67.2 Å². The molecule has 0 aliphatic heterocycles. The van der Waals surface area contributed by atoms with Gasteiger partial charge in [0.1, 0.15) is 0 Å². The highest BCUT2D eigenvalue weighted by atomic mass is 32.2. The largest absolute Gasteiger partial charge is 0.347 e. The molecule has 0 bridgehead atoms. The number of carbonyl (C=O) groups excluding carboxylic acids is 2. The van der Waals surface area contributed by atoms with Crippen LogP contribution in [0.2, 0.25) is 0 Å². The van der Waals surface area contributed by atoms with Crippen molar-refractivity contribution in [3.8, 4) is 5.69 Å². The lowest BCUT2D eigenvalue weighted by molar-refractivity contribution is -0.130. The summed E-state index contributed by atoms with van der Waals surface area (Å²) < 4.78 is 1.95. The number of imidazole rings is 1. The number of nitrogens with zero attached hydrogens (tertiary/aromatic N) is 3. The number of aromatic nitrogens is 2. The van der Waals surface area contributed by atoms with Crippen LogP contribution in [0.5, 0.6) is 0 Å². The van der Waals surface area contributed by atoms with E-state index in [1.807, 2.05) is 16.8 Å². The first kappa shape index (κ1) is 18.1. The lowest BCUT2D eigenvalue weighted by Gasteiger charge is -2.11. The Labute approximate surface area is 146 Å². The zero-order chi connectivity index (χ0) is 17.7. The second-order valence-electron chi connectivity index (χ2n) is 5.70. The Morgan fingerprint density at radius 3 is 2.67 bits per heavy atom. The zero-order valence-corrected chi connectivity index (χ0v) is 15.2. The summed E-state index contributed by atoms with van der Waals surface area (Å²) in [6.07, 6.45) is 3.59. The van der Waals surface area contributed by atoms with Crippen LogP contribution in [0.4, 0.5) is 0 Å². The van der Waals surface area contributed by atoms with Gasteiger partial charge in [-0.25, -0.2) is 4.98 Å². The maximum atomic E-state index is 11.9. The number of hydrogen-bond donors (Lipinski definition) is 1. The Bertz CT molecular complexity index is 740. The fourth-order valence-electron chi connectivity index (χ4n) is 1.98. The van der Waals surface area contributed by atoms with Crippen LogP contribution in [0.15, 0.2) is 35.7 Å². The number of likely N-dealkylation sites (N-methyl/N-ethyl adjacent to an activating group) is 1. The Kier molecular flexibility index (Phi) is 6.03. The van der Waals surface area contributed by atoms with Crippen molar-refractivity contribution in [2.24, 2.45) is 0 Å². The van der Waals surface area contributed by atoms with E-state index < -0.39 is 0 Å². The van der Waals surface area contributed by atoms with Gasteiger partial charge in [0.2, 0.25) is 11.8 Å². The van der Waals surface area contributed by atoms with Crippen LogP contribution >= 0.6 is 11.8 Å². The molecule has 0 aliphatic carbocycles. The number of hydrogen-bond acceptors (Lipinski definition) is 4. The number of rotatable bonds is 6. The Hall–Kier alpha value is -2.28. The molecule has 2 amide bonds. The minimum atomic E-state index is -0.190. The van der Waals surface area contributed by atoms with Crippen LogP contribution in [0.3, 0.4) is 0 Å². The Morgan fingerprint density at radius 1 is 1.25 bits per heavy atom. The lowest BCUT2D eigenvalue weighted by Crippen LogP contribution is -2.37. The smallest absolute Gasteiger partial charge is 0.241 e. The average molecular weight is 346 g/mol. The summed E-state index contributed by atoms with van der Waals surface area (Å²) in [5.41, 5.74) is 3.45. The maximum Gasteiger partial charge on any atom is 0.241 e. The Balaban J connectivity index is 1.97. The van der Waals surface area contributed by atoms with E-state index in [4.69, 9.17) is 0 Å². The molecule has 0 spiro atoms. The van der Waals surface area contributed by atoms with E-state index in [9.17, 15) is 9.59 Å². The van der Waals surface area contributed by atoms with Crippen molar-refractivity contribution in [2.45, 2.75) is 19.0 Å². The van der Waals surface area contributed by atoms with Gasteiger partial charge in [0.25, 0.3) is 0 Å². The van der Waals surface area contributed by atoms with Crippen molar-refractivity contribution >= 4 is 23.6 Å². The van der Waals surface area contributed by atoms with Crippen LogP contribution in [-0.4, -0.2) is 52.7 Å². The molecule has 2 rings (SSSR count). The molecule has 0 radical (unpaired) electrons. The predicted molar refractivity (Wildman–Crippen MR) is 95.5 cm³/mol. The van der Waals surface area contributed by atoms with Crippen LogP contribution in [-0.2, 0) is 9.59 Å². The molecule has 0 aliphatic rings. The molecule has 1 N–H and O–H groups in total. The summed E-state index contributed by atoms with van der Waals surface area (Å²) in [5.74, 6) is -0.113. The fourth-order valence-corrected chi connectivity index (χ4v) is 2.78. The quantitative estimate of drug-likeness (QED) is 0.810. The number of aryl methyl sites for hydroxylation is 2. The molecule has 24 heavy (non-hydrogen) atoms. The standard InChI is InChI=1S/C17H22N4O2S/c1-12-5-6-14(9-13(12)2)21-8-7-18-17(21)24-11-15(22)19-10-16(23)20(3)4/h5-9H,10-11H2,1-4H3,(H,19,22). The van der Waals surface area contributed by atoms with E-state index in [2.05, 4.69) is 36.3 Å². The molecule has 2 aromatic rings. The van der Waals surface area contributed by atoms with Crippen LogP contribution in [0.25, 0.3) is 5.69 Å². The van der Waals surface area contributed by atoms with Gasteiger partial charge in [0, 0.05) is 32.2 Å². The first-order chi connectivity index (χ1) is 11.4. The highest BCUT2D eigenvalue weighted by molar-refractivity contribution is 7.99. The summed E-state index contributed by atoms with van der Waals surface area (Å²) in [4.78, 5) is 29.1. The average Bonchev–Trinajstić information content (AvgIpc) is 3.01. The third kappa shape index (κ3) is 4.61. The van der Waals surface area contributed by atoms with Crippen molar-refractivity contribution < 1.29 is 9.59 Å². The molecule has 0 atom stereocenters. The van der Waals surface area contributed by atoms with E-state index in [1.54, 1.807) is 20.3 Å². The lowest BCUT2D eigenvalue weighted by atomic mass is 10.1. The van der Waals surface area contributed by atoms with Gasteiger partial charge in [-0.15, -0.1) is 0 Å².